The molecule has 0 aliphatic heterocycles. The van der Waals surface area contributed by atoms with Crippen molar-refractivity contribution in [2.75, 3.05) is 6.61 Å². The third kappa shape index (κ3) is 3.32. The maximum absolute atomic E-state index is 13.2. The van der Waals surface area contributed by atoms with E-state index in [-0.39, 0.29) is 11.5 Å². The van der Waals surface area contributed by atoms with Gasteiger partial charge in [-0.15, -0.1) is 11.3 Å². The summed E-state index contributed by atoms with van der Waals surface area (Å²) in [5.74, 6) is -0.305. The first-order valence-electron chi connectivity index (χ1n) is 10.7. The van der Waals surface area contributed by atoms with Crippen LogP contribution in [0.4, 0.5) is 0 Å². The number of ether oxygens (including phenoxy) is 1. The second-order valence-electron chi connectivity index (χ2n) is 7.98. The Morgan fingerprint density at radius 2 is 1.91 bits per heavy atom. The Hall–Kier alpha value is -3.23. The fourth-order valence-corrected chi connectivity index (χ4v) is 6.44. The topological polar surface area (TPSA) is 65.6 Å². The Morgan fingerprint density at radius 3 is 2.67 bits per heavy atom. The minimum Gasteiger partial charge on any atom is -0.462 e. The van der Waals surface area contributed by atoms with E-state index in [9.17, 15) is 9.59 Å². The van der Waals surface area contributed by atoms with Crippen molar-refractivity contribution in [3.8, 4) is 5.00 Å². The molecular formula is C25H23N3O3S2. The van der Waals surface area contributed by atoms with Gasteiger partial charge in [-0.2, -0.15) is 0 Å². The average Bonchev–Trinajstić information content (AvgIpc) is 3.45. The zero-order valence-corrected chi connectivity index (χ0v) is 20.7. The van der Waals surface area contributed by atoms with Gasteiger partial charge in [0.25, 0.3) is 5.56 Å². The van der Waals surface area contributed by atoms with Gasteiger partial charge in [0.05, 0.1) is 27.7 Å². The predicted molar refractivity (Wildman–Crippen MR) is 134 cm³/mol. The molecule has 4 aromatic heterocycles. The highest BCUT2D eigenvalue weighted by Gasteiger charge is 2.24. The second kappa shape index (κ2) is 7.97. The van der Waals surface area contributed by atoms with Crippen molar-refractivity contribution in [3.63, 3.8) is 0 Å². The van der Waals surface area contributed by atoms with Gasteiger partial charge in [-0.1, -0.05) is 23.5 Å². The molecule has 0 radical (unpaired) electrons. The van der Waals surface area contributed by atoms with E-state index in [1.807, 2.05) is 65.0 Å². The lowest BCUT2D eigenvalue weighted by molar-refractivity contribution is 0.0526. The molecular weight excluding hydrogens is 454 g/mol. The molecule has 1 aromatic carbocycles. The van der Waals surface area contributed by atoms with E-state index in [4.69, 9.17) is 4.74 Å². The van der Waals surface area contributed by atoms with E-state index in [1.165, 1.54) is 11.3 Å². The molecule has 33 heavy (non-hydrogen) atoms. The predicted octanol–water partition coefficient (Wildman–Crippen LogP) is 4.72. The number of fused-ring (bicyclic) bond motifs is 3. The van der Waals surface area contributed by atoms with Crippen LogP contribution in [0.25, 0.3) is 27.1 Å². The van der Waals surface area contributed by atoms with Gasteiger partial charge < -0.3 is 9.30 Å². The number of para-hydroxylation sites is 2. The third-order valence-corrected chi connectivity index (χ3v) is 8.11. The van der Waals surface area contributed by atoms with E-state index < -0.39 is 0 Å². The van der Waals surface area contributed by atoms with Gasteiger partial charge in [0.1, 0.15) is 5.00 Å². The quantitative estimate of drug-likeness (QED) is 0.351. The molecule has 168 valence electrons. The van der Waals surface area contributed by atoms with Gasteiger partial charge in [-0.3, -0.25) is 4.79 Å². The first-order chi connectivity index (χ1) is 15.8. The summed E-state index contributed by atoms with van der Waals surface area (Å²) in [7, 11) is 0. The number of nitrogens with zero attached hydrogens (tertiary/aromatic N) is 3. The molecule has 0 spiro atoms. The number of aryl methyl sites for hydroxylation is 2. The average molecular weight is 478 g/mol. The monoisotopic (exact) mass is 477 g/mol. The Labute approximate surface area is 198 Å². The van der Waals surface area contributed by atoms with E-state index in [0.29, 0.717) is 21.7 Å². The van der Waals surface area contributed by atoms with Crippen LogP contribution in [0, 0.1) is 27.7 Å². The van der Waals surface area contributed by atoms with Crippen molar-refractivity contribution in [1.29, 1.82) is 0 Å². The first kappa shape index (κ1) is 21.6. The molecule has 0 amide bonds. The molecule has 0 fully saturated rings. The summed E-state index contributed by atoms with van der Waals surface area (Å²) in [6.45, 7) is 10.1. The molecule has 5 rings (SSSR count). The van der Waals surface area contributed by atoms with E-state index in [2.05, 4.69) is 15.6 Å². The molecule has 0 saturated heterocycles. The standard InChI is InChI=1S/C25H23N3O3S2/c1-6-31-24(30)21-14(3)16(5)32-23(21)27-13(2)11-17(15(27)4)12-20-22(29)28-19-10-8-7-9-18(19)26-25(28)33-20/h7-12H,6H2,1-5H3. The SMILES string of the molecule is CCOC(=O)c1c(-n2c(C)cc(C=c3sc4nc5ccccc5n4c3=O)c2C)sc(C)c1C. The number of carbonyl (C=O) groups is 1. The summed E-state index contributed by atoms with van der Waals surface area (Å²) in [6, 6.07) is 9.71. The van der Waals surface area contributed by atoms with Gasteiger partial charge in [-0.05, 0) is 70.0 Å². The molecule has 5 aromatic rings. The summed E-state index contributed by atoms with van der Waals surface area (Å²) in [5, 5.41) is 0.854. The Bertz CT molecular complexity index is 1670. The van der Waals surface area contributed by atoms with Gasteiger partial charge in [0.15, 0.2) is 4.96 Å². The zero-order chi connectivity index (χ0) is 23.4. The van der Waals surface area contributed by atoms with E-state index >= 15 is 0 Å². The lowest BCUT2D eigenvalue weighted by Crippen LogP contribution is -2.22. The van der Waals surface area contributed by atoms with Crippen LogP contribution in [-0.2, 0) is 4.74 Å². The molecule has 0 atom stereocenters. The second-order valence-corrected chi connectivity index (χ2v) is 10.2. The maximum atomic E-state index is 13.2. The van der Waals surface area contributed by atoms with Crippen LogP contribution >= 0.6 is 22.7 Å². The van der Waals surface area contributed by atoms with Gasteiger partial charge >= 0.3 is 5.97 Å². The largest absolute Gasteiger partial charge is 0.462 e. The molecule has 8 heteroatoms. The number of carbonyl (C=O) groups excluding carboxylic acids is 1. The van der Waals surface area contributed by atoms with Crippen LogP contribution in [-0.4, -0.2) is 26.5 Å². The number of thiophene rings is 1. The van der Waals surface area contributed by atoms with Crippen molar-refractivity contribution in [3.05, 3.63) is 78.2 Å². The number of imidazole rings is 1. The highest BCUT2D eigenvalue weighted by atomic mass is 32.1. The van der Waals surface area contributed by atoms with Crippen molar-refractivity contribution < 1.29 is 9.53 Å². The molecule has 6 nitrogen and oxygen atoms in total. The highest BCUT2D eigenvalue weighted by molar-refractivity contribution is 7.15. The van der Waals surface area contributed by atoms with Crippen LogP contribution in [0.2, 0.25) is 0 Å². The fraction of sp³-hybridized carbons (Fsp3) is 0.240. The van der Waals surface area contributed by atoms with Gasteiger partial charge in [-0.25, -0.2) is 14.2 Å². The Balaban J connectivity index is 1.68. The molecule has 0 unspecified atom stereocenters. The van der Waals surface area contributed by atoms with Crippen LogP contribution in [0.15, 0.2) is 35.1 Å². The molecule has 0 bridgehead atoms. The van der Waals surface area contributed by atoms with Crippen LogP contribution in [0.1, 0.15) is 44.7 Å². The van der Waals surface area contributed by atoms with Gasteiger partial charge in [0.2, 0.25) is 0 Å². The normalized spacial score (nSPS) is 12.3. The number of esters is 1. The highest BCUT2D eigenvalue weighted by Crippen LogP contribution is 2.34. The Morgan fingerprint density at radius 1 is 1.15 bits per heavy atom. The fourth-order valence-electron chi connectivity index (χ4n) is 4.21. The van der Waals surface area contributed by atoms with Crippen molar-refractivity contribution in [2.45, 2.75) is 34.6 Å². The summed E-state index contributed by atoms with van der Waals surface area (Å²) in [4.78, 5) is 32.3. The zero-order valence-electron chi connectivity index (χ0n) is 19.1. The lowest BCUT2D eigenvalue weighted by atomic mass is 10.1. The van der Waals surface area contributed by atoms with E-state index in [1.54, 1.807) is 15.7 Å². The number of hydrogen-bond donors (Lipinski definition) is 0. The van der Waals surface area contributed by atoms with Crippen molar-refractivity contribution in [2.24, 2.45) is 0 Å². The van der Waals surface area contributed by atoms with Crippen molar-refractivity contribution in [1.82, 2.24) is 14.0 Å². The van der Waals surface area contributed by atoms with Crippen molar-refractivity contribution >= 4 is 50.7 Å². The summed E-state index contributed by atoms with van der Waals surface area (Å²) < 4.78 is 9.73. The van der Waals surface area contributed by atoms with E-state index in [0.717, 1.165) is 43.4 Å². The molecule has 4 heterocycles. The number of rotatable bonds is 4. The number of hydrogen-bond acceptors (Lipinski definition) is 6. The van der Waals surface area contributed by atoms with Crippen LogP contribution in [0.5, 0.6) is 0 Å². The van der Waals surface area contributed by atoms with Crippen LogP contribution < -0.4 is 10.1 Å². The number of benzene rings is 1. The summed E-state index contributed by atoms with van der Waals surface area (Å²) in [6.07, 6.45) is 1.92. The van der Waals surface area contributed by atoms with Crippen LogP contribution in [0.3, 0.4) is 0 Å². The molecule has 0 aliphatic carbocycles. The minimum atomic E-state index is -0.305. The van der Waals surface area contributed by atoms with Gasteiger partial charge in [0, 0.05) is 16.3 Å². The third-order valence-electron chi connectivity index (χ3n) is 5.95. The first-order valence-corrected chi connectivity index (χ1v) is 12.3. The number of thiazole rings is 1. The molecule has 0 aliphatic rings. The summed E-state index contributed by atoms with van der Waals surface area (Å²) >= 11 is 2.97. The molecule has 0 N–H and O–H groups in total. The molecule has 0 saturated carbocycles. The Kier molecular flexibility index (Phi) is 5.22. The summed E-state index contributed by atoms with van der Waals surface area (Å²) in [5.41, 5.74) is 6.03. The lowest BCUT2D eigenvalue weighted by Gasteiger charge is -2.10. The maximum Gasteiger partial charge on any atom is 0.341 e. The number of aromatic nitrogens is 3. The minimum absolute atomic E-state index is 0.0662. The smallest absolute Gasteiger partial charge is 0.341 e.